The Bertz CT molecular complexity index is 163. The summed E-state index contributed by atoms with van der Waals surface area (Å²) in [6, 6.07) is 0. The highest BCUT2D eigenvalue weighted by molar-refractivity contribution is 5.81. The van der Waals surface area contributed by atoms with Gasteiger partial charge in [-0.25, -0.2) is 0 Å². The van der Waals surface area contributed by atoms with Crippen LogP contribution in [0.25, 0.3) is 0 Å². The Morgan fingerprint density at radius 1 is 1.46 bits per heavy atom. The summed E-state index contributed by atoms with van der Waals surface area (Å²) < 4.78 is 0. The molecule has 0 saturated heterocycles. The van der Waals surface area contributed by atoms with Crippen LogP contribution < -0.4 is 5.32 Å². The lowest BCUT2D eigenvalue weighted by atomic mass is 9.96. The van der Waals surface area contributed by atoms with Crippen molar-refractivity contribution in [1.29, 1.82) is 0 Å². The summed E-state index contributed by atoms with van der Waals surface area (Å²) in [6.45, 7) is 5.61. The van der Waals surface area contributed by atoms with Crippen molar-refractivity contribution in [1.82, 2.24) is 5.32 Å². The van der Waals surface area contributed by atoms with Crippen LogP contribution in [-0.4, -0.2) is 35.4 Å². The van der Waals surface area contributed by atoms with Crippen molar-refractivity contribution in [3.63, 3.8) is 0 Å². The standard InChI is InChI=1S/C9H19NO3/c1-9(2,3)8(13)10-5-4-7(12)6-11/h7,11-12H,4-6H2,1-3H3,(H,10,13). The molecule has 0 aromatic rings. The highest BCUT2D eigenvalue weighted by Crippen LogP contribution is 2.12. The topological polar surface area (TPSA) is 69.6 Å². The summed E-state index contributed by atoms with van der Waals surface area (Å²) in [6.07, 6.45) is -0.349. The van der Waals surface area contributed by atoms with E-state index in [9.17, 15) is 4.79 Å². The van der Waals surface area contributed by atoms with Gasteiger partial charge in [0.1, 0.15) is 0 Å². The average Bonchev–Trinajstić information content (AvgIpc) is 2.02. The maximum atomic E-state index is 11.3. The smallest absolute Gasteiger partial charge is 0.225 e. The second-order valence-corrected chi connectivity index (χ2v) is 4.13. The molecule has 0 aromatic heterocycles. The Morgan fingerprint density at radius 3 is 2.38 bits per heavy atom. The van der Waals surface area contributed by atoms with Crippen molar-refractivity contribution in [3.05, 3.63) is 0 Å². The summed E-state index contributed by atoms with van der Waals surface area (Å²) in [5.41, 5.74) is -0.399. The molecule has 0 rings (SSSR count). The highest BCUT2D eigenvalue weighted by Gasteiger charge is 2.20. The number of hydrogen-bond donors (Lipinski definition) is 3. The normalized spacial score (nSPS) is 13.9. The number of carbonyl (C=O) groups excluding carboxylic acids is 1. The van der Waals surface area contributed by atoms with Crippen LogP contribution in [-0.2, 0) is 4.79 Å². The molecule has 0 aliphatic rings. The largest absolute Gasteiger partial charge is 0.394 e. The minimum atomic E-state index is -0.736. The first-order valence-corrected chi connectivity index (χ1v) is 4.45. The molecule has 1 unspecified atom stereocenters. The van der Waals surface area contributed by atoms with E-state index in [-0.39, 0.29) is 12.5 Å². The Labute approximate surface area is 79.0 Å². The van der Waals surface area contributed by atoms with Crippen LogP contribution in [0.1, 0.15) is 27.2 Å². The number of aliphatic hydroxyl groups excluding tert-OH is 2. The van der Waals surface area contributed by atoms with Gasteiger partial charge in [0.15, 0.2) is 0 Å². The van der Waals surface area contributed by atoms with E-state index >= 15 is 0 Å². The van der Waals surface area contributed by atoms with E-state index in [1.807, 2.05) is 20.8 Å². The zero-order valence-corrected chi connectivity index (χ0v) is 8.50. The monoisotopic (exact) mass is 189 g/mol. The fourth-order valence-electron chi connectivity index (χ4n) is 0.709. The van der Waals surface area contributed by atoms with Gasteiger partial charge in [0.25, 0.3) is 0 Å². The van der Waals surface area contributed by atoms with Crippen LogP contribution in [0.3, 0.4) is 0 Å². The quantitative estimate of drug-likeness (QED) is 0.578. The number of nitrogens with one attached hydrogen (secondary N) is 1. The van der Waals surface area contributed by atoms with Gasteiger partial charge in [0.2, 0.25) is 5.91 Å². The van der Waals surface area contributed by atoms with E-state index in [1.54, 1.807) is 0 Å². The van der Waals surface area contributed by atoms with Crippen LogP contribution in [0, 0.1) is 5.41 Å². The third kappa shape index (κ3) is 5.60. The van der Waals surface area contributed by atoms with Crippen molar-refractivity contribution < 1.29 is 15.0 Å². The van der Waals surface area contributed by atoms with Gasteiger partial charge in [0, 0.05) is 12.0 Å². The molecule has 0 aromatic carbocycles. The number of hydrogen-bond acceptors (Lipinski definition) is 3. The third-order valence-corrected chi connectivity index (χ3v) is 1.66. The van der Waals surface area contributed by atoms with Gasteiger partial charge < -0.3 is 15.5 Å². The second-order valence-electron chi connectivity index (χ2n) is 4.13. The van der Waals surface area contributed by atoms with E-state index in [0.717, 1.165) is 0 Å². The minimum absolute atomic E-state index is 0.0439. The van der Waals surface area contributed by atoms with E-state index < -0.39 is 11.5 Å². The molecule has 4 nitrogen and oxygen atoms in total. The van der Waals surface area contributed by atoms with E-state index in [0.29, 0.717) is 13.0 Å². The molecule has 1 atom stereocenters. The molecular weight excluding hydrogens is 170 g/mol. The van der Waals surface area contributed by atoms with Gasteiger partial charge in [-0.2, -0.15) is 0 Å². The molecule has 0 saturated carbocycles. The number of amides is 1. The molecule has 0 heterocycles. The summed E-state index contributed by atoms with van der Waals surface area (Å²) >= 11 is 0. The number of carbonyl (C=O) groups is 1. The molecule has 0 fully saturated rings. The number of rotatable bonds is 4. The first-order chi connectivity index (χ1) is 5.88. The van der Waals surface area contributed by atoms with Crippen LogP contribution in [0.15, 0.2) is 0 Å². The van der Waals surface area contributed by atoms with Crippen LogP contribution in [0.4, 0.5) is 0 Å². The Kier molecular flexibility index (Phi) is 4.95. The molecular formula is C9H19NO3. The lowest BCUT2D eigenvalue weighted by Gasteiger charge is -2.18. The van der Waals surface area contributed by atoms with E-state index in [1.165, 1.54) is 0 Å². The Balaban J connectivity index is 3.60. The van der Waals surface area contributed by atoms with Gasteiger partial charge in [-0.15, -0.1) is 0 Å². The lowest BCUT2D eigenvalue weighted by Crippen LogP contribution is -2.36. The van der Waals surface area contributed by atoms with Gasteiger partial charge in [-0.3, -0.25) is 4.79 Å². The van der Waals surface area contributed by atoms with Crippen LogP contribution in [0.2, 0.25) is 0 Å². The predicted molar refractivity (Wildman–Crippen MR) is 50.2 cm³/mol. The first kappa shape index (κ1) is 12.4. The molecule has 1 amide bonds. The summed E-state index contributed by atoms with van der Waals surface area (Å²) in [5.74, 6) is -0.0439. The van der Waals surface area contributed by atoms with E-state index in [4.69, 9.17) is 10.2 Å². The van der Waals surface area contributed by atoms with Crippen LogP contribution in [0.5, 0.6) is 0 Å². The minimum Gasteiger partial charge on any atom is -0.394 e. The molecule has 13 heavy (non-hydrogen) atoms. The van der Waals surface area contributed by atoms with Crippen molar-refractivity contribution in [2.75, 3.05) is 13.2 Å². The van der Waals surface area contributed by atoms with Crippen molar-refractivity contribution in [2.45, 2.75) is 33.3 Å². The number of aliphatic hydroxyl groups is 2. The summed E-state index contributed by atoms with van der Waals surface area (Å²) in [7, 11) is 0. The third-order valence-electron chi connectivity index (χ3n) is 1.66. The predicted octanol–water partition coefficient (Wildman–Crippen LogP) is -0.108. The van der Waals surface area contributed by atoms with Gasteiger partial charge in [-0.1, -0.05) is 20.8 Å². The maximum absolute atomic E-state index is 11.3. The van der Waals surface area contributed by atoms with Crippen molar-refractivity contribution in [3.8, 4) is 0 Å². The van der Waals surface area contributed by atoms with Crippen molar-refractivity contribution >= 4 is 5.91 Å². The molecule has 0 spiro atoms. The fraction of sp³-hybridized carbons (Fsp3) is 0.889. The molecule has 0 radical (unpaired) electrons. The van der Waals surface area contributed by atoms with Crippen LogP contribution >= 0.6 is 0 Å². The van der Waals surface area contributed by atoms with Gasteiger partial charge >= 0.3 is 0 Å². The molecule has 0 bridgehead atoms. The summed E-state index contributed by atoms with van der Waals surface area (Å²) in [4.78, 5) is 11.3. The first-order valence-electron chi connectivity index (χ1n) is 4.45. The Morgan fingerprint density at radius 2 is 2.00 bits per heavy atom. The molecule has 78 valence electrons. The fourth-order valence-corrected chi connectivity index (χ4v) is 0.709. The summed E-state index contributed by atoms with van der Waals surface area (Å²) in [5, 5.41) is 20.1. The van der Waals surface area contributed by atoms with Gasteiger partial charge in [0.05, 0.1) is 12.7 Å². The SMILES string of the molecule is CC(C)(C)C(=O)NCCC(O)CO. The van der Waals surface area contributed by atoms with E-state index in [2.05, 4.69) is 5.32 Å². The van der Waals surface area contributed by atoms with Gasteiger partial charge in [-0.05, 0) is 6.42 Å². The highest BCUT2D eigenvalue weighted by atomic mass is 16.3. The molecule has 3 N–H and O–H groups in total. The van der Waals surface area contributed by atoms with Crippen molar-refractivity contribution in [2.24, 2.45) is 5.41 Å². The molecule has 0 aliphatic carbocycles. The molecule has 0 aliphatic heterocycles. The Hall–Kier alpha value is -0.610. The lowest BCUT2D eigenvalue weighted by molar-refractivity contribution is -0.128. The zero-order valence-electron chi connectivity index (χ0n) is 8.50. The average molecular weight is 189 g/mol. The zero-order chi connectivity index (χ0) is 10.5. The molecule has 4 heteroatoms. The second kappa shape index (κ2) is 5.19. The maximum Gasteiger partial charge on any atom is 0.225 e.